The van der Waals surface area contributed by atoms with Gasteiger partial charge in [0.2, 0.25) is 5.01 Å². The van der Waals surface area contributed by atoms with Gasteiger partial charge >= 0.3 is 5.97 Å². The van der Waals surface area contributed by atoms with Crippen molar-refractivity contribution in [3.8, 4) is 0 Å². The van der Waals surface area contributed by atoms with Gasteiger partial charge in [-0.25, -0.2) is 9.78 Å². The molecule has 0 spiro atoms. The van der Waals surface area contributed by atoms with E-state index in [1.54, 1.807) is 35.6 Å². The fourth-order valence-corrected chi connectivity index (χ4v) is 3.24. The number of carbonyl (C=O) groups excluding carboxylic acids is 2. The average molecular weight is 324 g/mol. The Kier molecular flexibility index (Phi) is 5.08. The van der Waals surface area contributed by atoms with E-state index in [-0.39, 0.29) is 29.3 Å². The fraction of sp³-hybridized carbons (Fsp3) is 0.357. The zero-order chi connectivity index (χ0) is 15.4. The Morgan fingerprint density at radius 1 is 1.43 bits per heavy atom. The molecule has 5 nitrogen and oxygen atoms in total. The molecule has 7 heteroatoms. The van der Waals surface area contributed by atoms with E-state index in [1.807, 2.05) is 24.4 Å². The van der Waals surface area contributed by atoms with Crippen molar-refractivity contribution in [2.24, 2.45) is 0 Å². The number of carbonyl (C=O) groups is 2. The summed E-state index contributed by atoms with van der Waals surface area (Å²) in [5, 5.41) is 3.77. The second-order valence-electron chi connectivity index (χ2n) is 4.37. The predicted molar refractivity (Wildman–Crippen MR) is 82.9 cm³/mol. The Bertz CT molecular complexity index is 622. The van der Waals surface area contributed by atoms with Crippen LogP contribution in [0.3, 0.4) is 0 Å². The van der Waals surface area contributed by atoms with Crippen molar-refractivity contribution in [1.82, 2.24) is 9.88 Å². The number of ether oxygens (including phenoxy) is 1. The molecule has 112 valence electrons. The van der Waals surface area contributed by atoms with Crippen LogP contribution in [-0.2, 0) is 4.74 Å². The Labute approximate surface area is 131 Å². The van der Waals surface area contributed by atoms with Gasteiger partial charge in [0, 0.05) is 17.3 Å². The third kappa shape index (κ3) is 3.48. The Balaban J connectivity index is 2.11. The van der Waals surface area contributed by atoms with Crippen molar-refractivity contribution in [3.05, 3.63) is 38.5 Å². The van der Waals surface area contributed by atoms with Crippen LogP contribution in [0.25, 0.3) is 0 Å². The summed E-state index contributed by atoms with van der Waals surface area (Å²) < 4.78 is 4.87. The molecule has 2 rings (SSSR count). The number of rotatable bonds is 5. The average Bonchev–Trinajstić information content (AvgIpc) is 3.16. The van der Waals surface area contributed by atoms with Crippen molar-refractivity contribution >= 4 is 34.6 Å². The molecule has 0 aliphatic carbocycles. The van der Waals surface area contributed by atoms with E-state index in [0.29, 0.717) is 0 Å². The number of aromatic nitrogens is 1. The van der Waals surface area contributed by atoms with Crippen LogP contribution in [0.15, 0.2) is 22.9 Å². The van der Waals surface area contributed by atoms with Gasteiger partial charge in [-0.3, -0.25) is 4.79 Å². The van der Waals surface area contributed by atoms with Crippen molar-refractivity contribution in [2.75, 3.05) is 13.7 Å². The van der Waals surface area contributed by atoms with Gasteiger partial charge in [0.1, 0.15) is 5.69 Å². The standard InChI is InChI=1S/C14H16N2O3S2/c1-4-19-14(18)12-15-10(8-21-12)13(17)16(3)9(2)11-6-5-7-20-11/h5-9H,4H2,1-3H3. The van der Waals surface area contributed by atoms with Gasteiger partial charge in [0.25, 0.3) is 5.91 Å². The fourth-order valence-electron chi connectivity index (χ4n) is 1.73. The highest BCUT2D eigenvalue weighted by Crippen LogP contribution is 2.25. The van der Waals surface area contributed by atoms with Gasteiger partial charge in [-0.1, -0.05) is 6.07 Å². The lowest BCUT2D eigenvalue weighted by molar-refractivity contribution is 0.0526. The topological polar surface area (TPSA) is 59.5 Å². The first-order chi connectivity index (χ1) is 10.0. The van der Waals surface area contributed by atoms with E-state index in [1.165, 1.54) is 0 Å². The summed E-state index contributed by atoms with van der Waals surface area (Å²) in [6, 6.07) is 3.91. The number of amides is 1. The number of hydrogen-bond acceptors (Lipinski definition) is 6. The van der Waals surface area contributed by atoms with Crippen molar-refractivity contribution in [1.29, 1.82) is 0 Å². The zero-order valence-electron chi connectivity index (χ0n) is 12.0. The smallest absolute Gasteiger partial charge is 0.367 e. The number of nitrogens with zero attached hydrogens (tertiary/aromatic N) is 2. The van der Waals surface area contributed by atoms with E-state index in [0.717, 1.165) is 16.2 Å². The Morgan fingerprint density at radius 3 is 2.81 bits per heavy atom. The number of esters is 1. The van der Waals surface area contributed by atoms with Gasteiger partial charge in [-0.15, -0.1) is 22.7 Å². The second-order valence-corrected chi connectivity index (χ2v) is 6.20. The Hall–Kier alpha value is -1.73. The summed E-state index contributed by atoms with van der Waals surface area (Å²) in [6.45, 7) is 3.98. The van der Waals surface area contributed by atoms with E-state index in [2.05, 4.69) is 4.98 Å². The molecule has 0 saturated heterocycles. The minimum absolute atomic E-state index is 0.0368. The maximum atomic E-state index is 12.4. The third-order valence-electron chi connectivity index (χ3n) is 3.03. The summed E-state index contributed by atoms with van der Waals surface area (Å²) in [4.78, 5) is 30.8. The first-order valence-corrected chi connectivity index (χ1v) is 8.23. The number of thiazole rings is 1. The van der Waals surface area contributed by atoms with Gasteiger partial charge < -0.3 is 9.64 Å². The second kappa shape index (κ2) is 6.82. The quantitative estimate of drug-likeness (QED) is 0.792. The largest absolute Gasteiger partial charge is 0.461 e. The molecule has 1 atom stereocenters. The Morgan fingerprint density at radius 2 is 2.19 bits per heavy atom. The first kappa shape index (κ1) is 15.7. The lowest BCUT2D eigenvalue weighted by Crippen LogP contribution is -2.29. The molecule has 21 heavy (non-hydrogen) atoms. The highest BCUT2D eigenvalue weighted by atomic mass is 32.1. The van der Waals surface area contributed by atoms with E-state index in [9.17, 15) is 9.59 Å². The molecule has 0 radical (unpaired) electrons. The molecule has 0 fully saturated rings. The summed E-state index contributed by atoms with van der Waals surface area (Å²) in [6.07, 6.45) is 0. The normalized spacial score (nSPS) is 12.0. The third-order valence-corrected chi connectivity index (χ3v) is 4.89. The molecule has 0 bridgehead atoms. The first-order valence-electron chi connectivity index (χ1n) is 6.47. The van der Waals surface area contributed by atoms with E-state index in [4.69, 9.17) is 4.74 Å². The van der Waals surface area contributed by atoms with Gasteiger partial charge in [-0.2, -0.15) is 0 Å². The van der Waals surface area contributed by atoms with E-state index >= 15 is 0 Å². The summed E-state index contributed by atoms with van der Waals surface area (Å²) in [5.41, 5.74) is 0.272. The molecule has 2 aromatic heterocycles. The maximum Gasteiger partial charge on any atom is 0.367 e. The minimum atomic E-state index is -0.490. The van der Waals surface area contributed by atoms with Crippen LogP contribution in [0.4, 0.5) is 0 Å². The van der Waals surface area contributed by atoms with Crippen LogP contribution >= 0.6 is 22.7 Å². The molecule has 0 N–H and O–H groups in total. The molecule has 0 saturated carbocycles. The lowest BCUT2D eigenvalue weighted by atomic mass is 10.2. The molecular formula is C14H16N2O3S2. The maximum absolute atomic E-state index is 12.4. The molecule has 1 unspecified atom stereocenters. The van der Waals surface area contributed by atoms with Crippen molar-refractivity contribution < 1.29 is 14.3 Å². The zero-order valence-corrected chi connectivity index (χ0v) is 13.7. The molecule has 0 aliphatic rings. The van der Waals surface area contributed by atoms with Crippen molar-refractivity contribution in [2.45, 2.75) is 19.9 Å². The molecule has 0 aliphatic heterocycles. The van der Waals surface area contributed by atoms with Crippen LogP contribution in [0.1, 0.15) is 45.1 Å². The van der Waals surface area contributed by atoms with Gasteiger partial charge in [0.15, 0.2) is 0 Å². The summed E-state index contributed by atoms with van der Waals surface area (Å²) >= 11 is 2.72. The molecule has 2 aromatic rings. The highest BCUT2D eigenvalue weighted by molar-refractivity contribution is 7.11. The monoisotopic (exact) mass is 324 g/mol. The molecule has 1 amide bonds. The number of hydrogen-bond donors (Lipinski definition) is 0. The SMILES string of the molecule is CCOC(=O)c1nc(C(=O)N(C)C(C)c2cccs2)cs1. The highest BCUT2D eigenvalue weighted by Gasteiger charge is 2.23. The number of thiophene rings is 1. The molecular weight excluding hydrogens is 308 g/mol. The lowest BCUT2D eigenvalue weighted by Gasteiger charge is -2.23. The minimum Gasteiger partial charge on any atom is -0.461 e. The van der Waals surface area contributed by atoms with Crippen LogP contribution in [0.2, 0.25) is 0 Å². The van der Waals surface area contributed by atoms with Crippen LogP contribution < -0.4 is 0 Å². The van der Waals surface area contributed by atoms with Crippen LogP contribution in [0, 0.1) is 0 Å². The molecule has 0 aromatic carbocycles. The summed E-state index contributed by atoms with van der Waals surface area (Å²) in [7, 11) is 1.73. The van der Waals surface area contributed by atoms with Crippen LogP contribution in [-0.4, -0.2) is 35.4 Å². The predicted octanol–water partition coefficient (Wildman–Crippen LogP) is 3.21. The van der Waals surface area contributed by atoms with Crippen LogP contribution in [0.5, 0.6) is 0 Å². The van der Waals surface area contributed by atoms with Crippen molar-refractivity contribution in [3.63, 3.8) is 0 Å². The summed E-state index contributed by atoms with van der Waals surface area (Å²) in [5.74, 6) is -0.696. The molecule has 2 heterocycles. The van der Waals surface area contributed by atoms with Gasteiger partial charge in [0.05, 0.1) is 12.6 Å². The van der Waals surface area contributed by atoms with E-state index < -0.39 is 5.97 Å². The van der Waals surface area contributed by atoms with Gasteiger partial charge in [-0.05, 0) is 25.3 Å².